The van der Waals surface area contributed by atoms with Crippen LogP contribution in [0.2, 0.25) is 0 Å². The van der Waals surface area contributed by atoms with E-state index in [-0.39, 0.29) is 6.10 Å². The minimum Gasteiger partial charge on any atom is -0.374 e. The molecule has 1 aromatic rings. The molecule has 1 atom stereocenters. The summed E-state index contributed by atoms with van der Waals surface area (Å²) in [6.07, 6.45) is 8.14. The van der Waals surface area contributed by atoms with Crippen molar-refractivity contribution in [2.75, 3.05) is 18.5 Å². The molecule has 0 bridgehead atoms. The van der Waals surface area contributed by atoms with E-state index in [0.717, 1.165) is 56.6 Å². The highest BCUT2D eigenvalue weighted by Gasteiger charge is 2.27. The average molecular weight is 314 g/mol. The average Bonchev–Trinajstić information content (AvgIpc) is 3.06. The van der Waals surface area contributed by atoms with Crippen molar-refractivity contribution in [1.82, 2.24) is 0 Å². The molecule has 2 N–H and O–H groups in total. The van der Waals surface area contributed by atoms with Gasteiger partial charge in [0.15, 0.2) is 0 Å². The first kappa shape index (κ1) is 16.3. The summed E-state index contributed by atoms with van der Waals surface area (Å²) in [6.45, 7) is 6.15. The van der Waals surface area contributed by atoms with Crippen LogP contribution in [-0.2, 0) is 24.0 Å². The van der Waals surface area contributed by atoms with E-state index in [1.807, 2.05) is 0 Å². The molecule has 1 fully saturated rings. The normalized spacial score (nSPS) is 20.3. The molecular weight excluding hydrogens is 286 g/mol. The number of nitriles is 1. The van der Waals surface area contributed by atoms with E-state index in [1.54, 1.807) is 0 Å². The highest BCUT2D eigenvalue weighted by atomic mass is 16.5. The predicted molar refractivity (Wildman–Crippen MR) is 90.4 cm³/mol. The Morgan fingerprint density at radius 1 is 1.26 bits per heavy atom. The van der Waals surface area contributed by atoms with Crippen LogP contribution in [0.1, 0.15) is 61.9 Å². The first-order valence-corrected chi connectivity index (χ1v) is 9.04. The van der Waals surface area contributed by atoms with E-state index in [9.17, 15) is 5.26 Å². The fourth-order valence-corrected chi connectivity index (χ4v) is 3.81. The lowest BCUT2D eigenvalue weighted by atomic mass is 9.86. The third kappa shape index (κ3) is 3.67. The highest BCUT2D eigenvalue weighted by molar-refractivity contribution is 5.56. The maximum Gasteiger partial charge on any atom is 0.290 e. The molecule has 0 spiro atoms. The number of rotatable bonds is 5. The molecule has 0 radical (unpaired) electrons. The largest absolute Gasteiger partial charge is 0.374 e. The Labute approximate surface area is 139 Å². The van der Waals surface area contributed by atoms with E-state index in [0.29, 0.717) is 5.92 Å². The summed E-state index contributed by atoms with van der Waals surface area (Å²) < 4.78 is 5.70. The number of ether oxygens (including phenoxy) is 1. The van der Waals surface area contributed by atoms with Gasteiger partial charge >= 0.3 is 0 Å². The fraction of sp³-hybridized carbons (Fsp3) is 0.684. The van der Waals surface area contributed by atoms with Crippen molar-refractivity contribution in [2.45, 2.75) is 64.9 Å². The minimum atomic E-state index is 0.277. The van der Waals surface area contributed by atoms with Crippen molar-refractivity contribution in [1.29, 1.82) is 5.26 Å². The number of hydrogen-bond acceptors (Lipinski definition) is 3. The van der Waals surface area contributed by atoms with E-state index in [4.69, 9.17) is 4.74 Å². The highest BCUT2D eigenvalue weighted by Crippen LogP contribution is 2.29. The Hall–Kier alpha value is -1.60. The van der Waals surface area contributed by atoms with Gasteiger partial charge in [-0.3, -0.25) is 5.32 Å². The van der Waals surface area contributed by atoms with E-state index in [1.165, 1.54) is 29.7 Å². The van der Waals surface area contributed by atoms with Gasteiger partial charge in [-0.1, -0.05) is 13.8 Å². The van der Waals surface area contributed by atoms with Crippen molar-refractivity contribution >= 4 is 5.82 Å². The van der Waals surface area contributed by atoms with E-state index < -0.39 is 0 Å². The van der Waals surface area contributed by atoms with Gasteiger partial charge in [-0.2, -0.15) is 5.26 Å². The molecule has 23 heavy (non-hydrogen) atoms. The van der Waals surface area contributed by atoms with E-state index >= 15 is 0 Å². The zero-order chi connectivity index (χ0) is 16.2. The zero-order valence-electron chi connectivity index (χ0n) is 14.4. The van der Waals surface area contributed by atoms with Crippen LogP contribution in [0.4, 0.5) is 5.82 Å². The quantitative estimate of drug-likeness (QED) is 0.909. The van der Waals surface area contributed by atoms with Gasteiger partial charge in [0.05, 0.1) is 6.10 Å². The van der Waals surface area contributed by atoms with Crippen molar-refractivity contribution in [3.05, 3.63) is 22.4 Å². The topological polar surface area (TPSA) is 59.2 Å². The SMILES string of the molecule is CC(C)Cc1[nH+]c(NC[C@@H]2CCCO2)c(C#N)c2c1CCCC2. The summed E-state index contributed by atoms with van der Waals surface area (Å²) in [5.74, 6) is 1.51. The standard InChI is InChI=1S/C19H27N3O/c1-13(2)10-18-16-8-4-3-7-15(16)17(11-20)19(22-18)21-12-14-6-5-9-23-14/h13-14H,3-10,12H2,1-2H3,(H,21,22)/p+1/t14-/m0/s1. The van der Waals surface area contributed by atoms with Crippen molar-refractivity contribution in [3.8, 4) is 6.07 Å². The van der Waals surface area contributed by atoms with Crippen LogP contribution in [0.3, 0.4) is 0 Å². The van der Waals surface area contributed by atoms with Crippen LogP contribution >= 0.6 is 0 Å². The Balaban J connectivity index is 1.91. The van der Waals surface area contributed by atoms with Crippen molar-refractivity contribution < 1.29 is 9.72 Å². The first-order chi connectivity index (χ1) is 11.2. The molecule has 124 valence electrons. The number of H-pyrrole nitrogens is 1. The number of fused-ring (bicyclic) bond motifs is 1. The minimum absolute atomic E-state index is 0.277. The molecule has 0 amide bonds. The first-order valence-electron chi connectivity index (χ1n) is 9.04. The Morgan fingerprint density at radius 2 is 2.04 bits per heavy atom. The number of anilines is 1. The van der Waals surface area contributed by atoms with Gasteiger partial charge < -0.3 is 4.74 Å². The molecule has 3 rings (SSSR count). The summed E-state index contributed by atoms with van der Waals surface area (Å²) in [6, 6.07) is 2.45. The van der Waals surface area contributed by atoms with Gasteiger partial charge in [0, 0.05) is 13.0 Å². The number of aromatic amines is 1. The molecule has 4 nitrogen and oxygen atoms in total. The van der Waals surface area contributed by atoms with Crippen molar-refractivity contribution in [2.24, 2.45) is 5.92 Å². The van der Waals surface area contributed by atoms with Crippen LogP contribution < -0.4 is 10.3 Å². The second-order valence-electron chi connectivity index (χ2n) is 7.24. The summed E-state index contributed by atoms with van der Waals surface area (Å²) >= 11 is 0. The Morgan fingerprint density at radius 3 is 2.70 bits per heavy atom. The Kier molecular flexibility index (Phi) is 5.17. The lowest BCUT2D eigenvalue weighted by Crippen LogP contribution is -2.29. The third-order valence-electron chi connectivity index (χ3n) is 4.91. The van der Waals surface area contributed by atoms with Gasteiger partial charge in [-0.15, -0.1) is 0 Å². The third-order valence-corrected chi connectivity index (χ3v) is 4.91. The second-order valence-corrected chi connectivity index (χ2v) is 7.24. The second kappa shape index (κ2) is 7.31. The molecule has 2 heterocycles. The molecular formula is C19H28N3O+. The number of nitrogens with one attached hydrogen (secondary N) is 2. The van der Waals surface area contributed by atoms with Gasteiger partial charge in [0.1, 0.15) is 23.9 Å². The number of hydrogen-bond donors (Lipinski definition) is 1. The molecule has 1 aliphatic heterocycles. The van der Waals surface area contributed by atoms with Crippen LogP contribution in [0, 0.1) is 17.2 Å². The molecule has 0 unspecified atom stereocenters. The molecule has 4 heteroatoms. The van der Waals surface area contributed by atoms with Gasteiger partial charge in [-0.25, -0.2) is 4.98 Å². The predicted octanol–water partition coefficient (Wildman–Crippen LogP) is 3.04. The maximum absolute atomic E-state index is 9.70. The molecule has 0 aromatic carbocycles. The van der Waals surface area contributed by atoms with Gasteiger partial charge in [0.25, 0.3) is 5.82 Å². The monoisotopic (exact) mass is 314 g/mol. The smallest absolute Gasteiger partial charge is 0.290 e. The number of pyridine rings is 1. The summed E-state index contributed by atoms with van der Waals surface area (Å²) in [5, 5.41) is 13.2. The van der Waals surface area contributed by atoms with E-state index in [2.05, 4.69) is 30.2 Å². The van der Waals surface area contributed by atoms with Gasteiger partial charge in [0.2, 0.25) is 0 Å². The summed E-state index contributed by atoms with van der Waals surface area (Å²) in [4.78, 5) is 3.56. The maximum atomic E-state index is 9.70. The van der Waals surface area contributed by atoms with Crippen molar-refractivity contribution in [3.63, 3.8) is 0 Å². The summed E-state index contributed by atoms with van der Waals surface area (Å²) in [7, 11) is 0. The molecule has 1 saturated heterocycles. The van der Waals surface area contributed by atoms with Gasteiger partial charge in [-0.05, 0) is 55.6 Å². The molecule has 1 aromatic heterocycles. The van der Waals surface area contributed by atoms with Crippen LogP contribution in [0.25, 0.3) is 0 Å². The fourth-order valence-electron chi connectivity index (χ4n) is 3.81. The van der Waals surface area contributed by atoms with Crippen LogP contribution in [0.5, 0.6) is 0 Å². The lowest BCUT2D eigenvalue weighted by molar-refractivity contribution is -0.375. The number of aromatic nitrogens is 1. The molecule has 2 aliphatic rings. The molecule has 0 saturated carbocycles. The van der Waals surface area contributed by atoms with Crippen LogP contribution in [-0.4, -0.2) is 19.3 Å². The summed E-state index contributed by atoms with van der Waals surface area (Å²) in [5.41, 5.74) is 4.83. The van der Waals surface area contributed by atoms with Crippen LogP contribution in [0.15, 0.2) is 0 Å². The zero-order valence-corrected chi connectivity index (χ0v) is 14.4. The lowest BCUT2D eigenvalue weighted by Gasteiger charge is -2.21. The Bertz CT molecular complexity index is 598. The molecule has 1 aliphatic carbocycles. The number of nitrogens with zero attached hydrogens (tertiary/aromatic N) is 1.